The SMILES string of the molecule is Cl.O[C@@H]1C[C@H]2CNC[C@H]2C[C@H]1Oc1ccc(Oc2ccccc2)cc1. The predicted octanol–water partition coefficient (Wildman–Crippen LogP) is 3.64. The number of ether oxygens (including phenoxy) is 2. The van der Waals surface area contributed by atoms with Crippen molar-refractivity contribution in [1.29, 1.82) is 0 Å². The number of benzene rings is 2. The molecule has 0 spiro atoms. The summed E-state index contributed by atoms with van der Waals surface area (Å²) in [7, 11) is 0. The highest BCUT2D eigenvalue weighted by Gasteiger charge is 2.39. The fourth-order valence-electron chi connectivity index (χ4n) is 3.77. The van der Waals surface area contributed by atoms with Crippen LogP contribution in [-0.2, 0) is 0 Å². The van der Waals surface area contributed by atoms with E-state index in [-0.39, 0.29) is 24.6 Å². The monoisotopic (exact) mass is 361 g/mol. The number of rotatable bonds is 4. The number of hydrogen-bond donors (Lipinski definition) is 2. The van der Waals surface area contributed by atoms with Gasteiger partial charge in [0, 0.05) is 0 Å². The van der Waals surface area contributed by atoms with E-state index in [1.54, 1.807) is 0 Å². The molecule has 2 aliphatic rings. The van der Waals surface area contributed by atoms with Crippen LogP contribution in [0.2, 0.25) is 0 Å². The Morgan fingerprint density at radius 2 is 1.40 bits per heavy atom. The van der Waals surface area contributed by atoms with Gasteiger partial charge in [0.15, 0.2) is 0 Å². The summed E-state index contributed by atoms with van der Waals surface area (Å²) in [6, 6.07) is 17.3. The fraction of sp³-hybridized carbons (Fsp3) is 0.400. The van der Waals surface area contributed by atoms with Gasteiger partial charge in [-0.2, -0.15) is 0 Å². The van der Waals surface area contributed by atoms with Gasteiger partial charge in [-0.3, -0.25) is 0 Å². The van der Waals surface area contributed by atoms with Crippen molar-refractivity contribution in [2.45, 2.75) is 25.0 Å². The first-order chi connectivity index (χ1) is 11.8. The Morgan fingerprint density at radius 1 is 0.800 bits per heavy atom. The number of hydrogen-bond acceptors (Lipinski definition) is 4. The molecule has 4 rings (SSSR count). The molecule has 4 nitrogen and oxygen atoms in total. The van der Waals surface area contributed by atoms with E-state index in [2.05, 4.69) is 5.32 Å². The van der Waals surface area contributed by atoms with Gasteiger partial charge in [0.25, 0.3) is 0 Å². The zero-order chi connectivity index (χ0) is 16.4. The third kappa shape index (κ3) is 4.27. The lowest BCUT2D eigenvalue weighted by molar-refractivity contribution is -0.0231. The van der Waals surface area contributed by atoms with Crippen LogP contribution < -0.4 is 14.8 Å². The van der Waals surface area contributed by atoms with E-state index in [9.17, 15) is 5.11 Å². The Balaban J connectivity index is 0.00000182. The van der Waals surface area contributed by atoms with Crippen LogP contribution in [0.5, 0.6) is 17.2 Å². The molecule has 0 aromatic heterocycles. The average molecular weight is 362 g/mol. The normalized spacial score (nSPS) is 27.9. The second-order valence-electron chi connectivity index (χ2n) is 6.76. The Morgan fingerprint density at radius 3 is 2.12 bits per heavy atom. The molecule has 1 aliphatic heterocycles. The first-order valence-corrected chi connectivity index (χ1v) is 8.66. The van der Waals surface area contributed by atoms with E-state index in [0.717, 1.165) is 43.2 Å². The molecule has 0 bridgehead atoms. The van der Waals surface area contributed by atoms with Gasteiger partial charge in [-0.15, -0.1) is 12.4 Å². The first-order valence-electron chi connectivity index (χ1n) is 8.66. The van der Waals surface area contributed by atoms with Crippen molar-refractivity contribution in [3.05, 3.63) is 54.6 Å². The molecule has 2 aromatic carbocycles. The van der Waals surface area contributed by atoms with Crippen molar-refractivity contribution in [3.63, 3.8) is 0 Å². The molecule has 1 aliphatic carbocycles. The molecule has 5 heteroatoms. The zero-order valence-corrected chi connectivity index (χ0v) is 14.8. The minimum Gasteiger partial charge on any atom is -0.488 e. The summed E-state index contributed by atoms with van der Waals surface area (Å²) in [6.45, 7) is 2.07. The highest BCUT2D eigenvalue weighted by atomic mass is 35.5. The summed E-state index contributed by atoms with van der Waals surface area (Å²) in [5.74, 6) is 3.59. The summed E-state index contributed by atoms with van der Waals surface area (Å²) in [5.41, 5.74) is 0. The van der Waals surface area contributed by atoms with E-state index in [1.165, 1.54) is 0 Å². The van der Waals surface area contributed by atoms with Crippen molar-refractivity contribution < 1.29 is 14.6 Å². The highest BCUT2D eigenvalue weighted by Crippen LogP contribution is 2.35. The smallest absolute Gasteiger partial charge is 0.127 e. The van der Waals surface area contributed by atoms with Crippen molar-refractivity contribution in [1.82, 2.24) is 5.32 Å². The van der Waals surface area contributed by atoms with Crippen molar-refractivity contribution >= 4 is 12.4 Å². The molecular formula is C20H24ClNO3. The zero-order valence-electron chi connectivity index (χ0n) is 14.0. The molecule has 2 fully saturated rings. The maximum absolute atomic E-state index is 10.3. The predicted molar refractivity (Wildman–Crippen MR) is 99.7 cm³/mol. The molecule has 1 saturated carbocycles. The van der Waals surface area contributed by atoms with Gasteiger partial charge < -0.3 is 19.9 Å². The molecule has 2 N–H and O–H groups in total. The van der Waals surface area contributed by atoms with Gasteiger partial charge in [0.2, 0.25) is 0 Å². The maximum atomic E-state index is 10.3. The van der Waals surface area contributed by atoms with Crippen LogP contribution >= 0.6 is 12.4 Å². The lowest BCUT2D eigenvalue weighted by Gasteiger charge is -2.35. The van der Waals surface area contributed by atoms with Gasteiger partial charge in [0.05, 0.1) is 6.10 Å². The number of halogens is 1. The second-order valence-corrected chi connectivity index (χ2v) is 6.76. The molecule has 4 atom stereocenters. The van der Waals surface area contributed by atoms with Crippen molar-refractivity contribution in [3.8, 4) is 17.2 Å². The Labute approximate surface area is 154 Å². The van der Waals surface area contributed by atoms with Gasteiger partial charge in [0.1, 0.15) is 23.4 Å². The summed E-state index contributed by atoms with van der Waals surface area (Å²) >= 11 is 0. The van der Waals surface area contributed by atoms with Crippen LogP contribution in [0, 0.1) is 11.8 Å². The van der Waals surface area contributed by atoms with Gasteiger partial charge in [-0.05, 0) is 74.2 Å². The Bertz CT molecular complexity index is 664. The van der Waals surface area contributed by atoms with Crippen LogP contribution in [0.25, 0.3) is 0 Å². The van der Waals surface area contributed by atoms with Gasteiger partial charge in [-0.25, -0.2) is 0 Å². The maximum Gasteiger partial charge on any atom is 0.127 e. The minimum atomic E-state index is -0.383. The summed E-state index contributed by atoms with van der Waals surface area (Å²) < 4.78 is 11.8. The molecule has 1 saturated heterocycles. The number of fused-ring (bicyclic) bond motifs is 1. The average Bonchev–Trinajstić information content (AvgIpc) is 3.05. The lowest BCUT2D eigenvalue weighted by atomic mass is 9.78. The highest BCUT2D eigenvalue weighted by molar-refractivity contribution is 5.85. The third-order valence-electron chi connectivity index (χ3n) is 5.08. The third-order valence-corrected chi connectivity index (χ3v) is 5.08. The van der Waals surface area contributed by atoms with Crippen LogP contribution in [0.3, 0.4) is 0 Å². The Kier molecular flexibility index (Phi) is 5.84. The number of nitrogens with one attached hydrogen (secondary N) is 1. The van der Waals surface area contributed by atoms with E-state index in [1.807, 2.05) is 54.6 Å². The molecule has 2 aromatic rings. The lowest BCUT2D eigenvalue weighted by Crippen LogP contribution is -2.42. The minimum absolute atomic E-state index is 0. The Hall–Kier alpha value is -1.75. The number of para-hydroxylation sites is 1. The summed E-state index contributed by atoms with van der Waals surface area (Å²) in [6.07, 6.45) is 1.25. The van der Waals surface area contributed by atoms with E-state index >= 15 is 0 Å². The van der Waals surface area contributed by atoms with Crippen LogP contribution in [0.15, 0.2) is 54.6 Å². The fourth-order valence-corrected chi connectivity index (χ4v) is 3.77. The number of aliphatic hydroxyl groups excluding tert-OH is 1. The molecular weight excluding hydrogens is 338 g/mol. The van der Waals surface area contributed by atoms with Crippen LogP contribution in [0.4, 0.5) is 0 Å². The molecule has 0 amide bonds. The topological polar surface area (TPSA) is 50.7 Å². The van der Waals surface area contributed by atoms with Crippen LogP contribution in [-0.4, -0.2) is 30.4 Å². The van der Waals surface area contributed by atoms with E-state index in [0.29, 0.717) is 11.8 Å². The van der Waals surface area contributed by atoms with Crippen molar-refractivity contribution in [2.24, 2.45) is 11.8 Å². The summed E-state index contributed by atoms with van der Waals surface area (Å²) in [5, 5.41) is 13.8. The molecule has 0 radical (unpaired) electrons. The van der Waals surface area contributed by atoms with Gasteiger partial charge in [-0.1, -0.05) is 18.2 Å². The molecule has 25 heavy (non-hydrogen) atoms. The van der Waals surface area contributed by atoms with E-state index in [4.69, 9.17) is 9.47 Å². The van der Waals surface area contributed by atoms with E-state index < -0.39 is 0 Å². The summed E-state index contributed by atoms with van der Waals surface area (Å²) in [4.78, 5) is 0. The standard InChI is InChI=1S/C20H23NO3.ClH/c22-19-10-14-12-21-13-15(14)11-20(19)24-18-8-6-17(7-9-18)23-16-4-2-1-3-5-16;/h1-9,14-15,19-22H,10-13H2;1H/t14-,15+,19+,20+;/m0./s1. The quantitative estimate of drug-likeness (QED) is 0.873. The molecule has 1 heterocycles. The first kappa shape index (κ1) is 18.1. The van der Waals surface area contributed by atoms with Gasteiger partial charge >= 0.3 is 0 Å². The molecule has 134 valence electrons. The van der Waals surface area contributed by atoms with Crippen LogP contribution in [0.1, 0.15) is 12.8 Å². The second kappa shape index (κ2) is 8.09. The number of aliphatic hydroxyl groups is 1. The van der Waals surface area contributed by atoms with Crippen molar-refractivity contribution in [2.75, 3.05) is 13.1 Å². The largest absolute Gasteiger partial charge is 0.488 e. The molecule has 0 unspecified atom stereocenters.